The third-order valence-electron chi connectivity index (χ3n) is 2.29. The van der Waals surface area contributed by atoms with E-state index in [0.29, 0.717) is 16.9 Å². The summed E-state index contributed by atoms with van der Waals surface area (Å²) in [5, 5.41) is 8.77. The van der Waals surface area contributed by atoms with E-state index < -0.39 is 0 Å². The number of nitriles is 1. The number of thioether (sulfide) groups is 1. The van der Waals surface area contributed by atoms with E-state index in [4.69, 9.17) is 5.26 Å². The van der Waals surface area contributed by atoms with Crippen LogP contribution in [0.2, 0.25) is 0 Å². The molecule has 0 atom stereocenters. The summed E-state index contributed by atoms with van der Waals surface area (Å²) in [7, 11) is 0. The van der Waals surface area contributed by atoms with E-state index in [2.05, 4.69) is 9.36 Å². The molecule has 92 valence electrons. The molecule has 0 aliphatic carbocycles. The van der Waals surface area contributed by atoms with Crippen molar-refractivity contribution in [3.63, 3.8) is 0 Å². The first-order chi connectivity index (χ1) is 8.72. The molecular formula is C12H10FN3S2. The number of aryl methyl sites for hydroxylation is 1. The lowest BCUT2D eigenvalue weighted by Crippen LogP contribution is -1.89. The quantitative estimate of drug-likeness (QED) is 0.805. The summed E-state index contributed by atoms with van der Waals surface area (Å²) in [5.41, 5.74) is 0.991. The molecule has 0 aliphatic rings. The Morgan fingerprint density at radius 3 is 3.00 bits per heavy atom. The second kappa shape index (κ2) is 5.94. The van der Waals surface area contributed by atoms with E-state index in [1.165, 1.54) is 35.4 Å². The number of hydrogen-bond acceptors (Lipinski definition) is 5. The van der Waals surface area contributed by atoms with Gasteiger partial charge in [0.1, 0.15) is 11.6 Å². The molecule has 0 radical (unpaired) electrons. The number of benzene rings is 1. The minimum atomic E-state index is -0.290. The van der Waals surface area contributed by atoms with Gasteiger partial charge < -0.3 is 0 Å². The van der Waals surface area contributed by atoms with Gasteiger partial charge in [-0.3, -0.25) is 0 Å². The lowest BCUT2D eigenvalue weighted by molar-refractivity contribution is 0.617. The Labute approximate surface area is 113 Å². The smallest absolute Gasteiger partial charge is 0.170 e. The Bertz CT molecular complexity index is 589. The van der Waals surface area contributed by atoms with Gasteiger partial charge in [-0.25, -0.2) is 9.37 Å². The van der Waals surface area contributed by atoms with Crippen molar-refractivity contribution in [2.24, 2.45) is 0 Å². The predicted octanol–water partition coefficient (Wildman–Crippen LogP) is 3.40. The van der Waals surface area contributed by atoms with Crippen LogP contribution in [0.4, 0.5) is 4.39 Å². The summed E-state index contributed by atoms with van der Waals surface area (Å²) in [6, 6.07) is 6.38. The Morgan fingerprint density at radius 2 is 2.33 bits per heavy atom. The molecular weight excluding hydrogens is 269 g/mol. The number of hydrogen-bond donors (Lipinski definition) is 0. The maximum Gasteiger partial charge on any atom is 0.170 e. The van der Waals surface area contributed by atoms with E-state index in [1.807, 2.05) is 13.0 Å². The van der Waals surface area contributed by atoms with Gasteiger partial charge in [0.25, 0.3) is 0 Å². The van der Waals surface area contributed by atoms with Crippen LogP contribution in [0.15, 0.2) is 22.5 Å². The number of aromatic nitrogens is 2. The minimum absolute atomic E-state index is 0.290. The SMILES string of the molecule is CCc1nsc(SCc2cc(C#N)ccc2F)n1. The molecule has 0 N–H and O–H groups in total. The van der Waals surface area contributed by atoms with Gasteiger partial charge in [-0.2, -0.15) is 9.64 Å². The van der Waals surface area contributed by atoms with Crippen molar-refractivity contribution in [1.29, 1.82) is 5.26 Å². The summed E-state index contributed by atoms with van der Waals surface area (Å²) in [4.78, 5) is 4.30. The van der Waals surface area contributed by atoms with E-state index in [9.17, 15) is 4.39 Å². The molecule has 3 nitrogen and oxygen atoms in total. The van der Waals surface area contributed by atoms with Crippen LogP contribution in [-0.4, -0.2) is 9.36 Å². The fraction of sp³-hybridized carbons (Fsp3) is 0.250. The maximum absolute atomic E-state index is 13.5. The Hall–Kier alpha value is -1.45. The van der Waals surface area contributed by atoms with Gasteiger partial charge in [-0.05, 0) is 35.3 Å². The van der Waals surface area contributed by atoms with Crippen molar-refractivity contribution >= 4 is 23.3 Å². The minimum Gasteiger partial charge on any atom is -0.213 e. The third kappa shape index (κ3) is 3.06. The van der Waals surface area contributed by atoms with Gasteiger partial charge in [-0.15, -0.1) is 0 Å². The predicted molar refractivity (Wildman–Crippen MR) is 70.0 cm³/mol. The molecule has 0 saturated carbocycles. The summed E-state index contributed by atoms with van der Waals surface area (Å²) < 4.78 is 18.5. The van der Waals surface area contributed by atoms with Crippen LogP contribution in [0.1, 0.15) is 23.9 Å². The molecule has 2 rings (SSSR count). The van der Waals surface area contributed by atoms with E-state index in [1.54, 1.807) is 6.07 Å². The van der Waals surface area contributed by atoms with Gasteiger partial charge >= 0.3 is 0 Å². The standard InChI is InChI=1S/C12H10FN3S2/c1-2-11-15-12(18-16-11)17-7-9-5-8(6-14)3-4-10(9)13/h3-5H,2,7H2,1H3. The number of halogens is 1. The van der Waals surface area contributed by atoms with Crippen molar-refractivity contribution in [2.45, 2.75) is 23.4 Å². The molecule has 0 fully saturated rings. The molecule has 0 aliphatic heterocycles. The summed E-state index contributed by atoms with van der Waals surface area (Å²) in [5.74, 6) is 0.982. The third-order valence-corrected chi connectivity index (χ3v) is 4.21. The molecule has 18 heavy (non-hydrogen) atoms. The molecule has 0 amide bonds. The van der Waals surface area contributed by atoms with Crippen LogP contribution in [0.5, 0.6) is 0 Å². The number of rotatable bonds is 4. The Morgan fingerprint density at radius 1 is 1.50 bits per heavy atom. The Balaban J connectivity index is 2.08. The largest absolute Gasteiger partial charge is 0.213 e. The van der Waals surface area contributed by atoms with Gasteiger partial charge in [0.15, 0.2) is 4.34 Å². The fourth-order valence-corrected chi connectivity index (χ4v) is 3.00. The highest BCUT2D eigenvalue weighted by atomic mass is 32.2. The first-order valence-electron chi connectivity index (χ1n) is 5.37. The zero-order valence-corrected chi connectivity index (χ0v) is 11.3. The average Bonchev–Trinajstić information content (AvgIpc) is 2.86. The van der Waals surface area contributed by atoms with Crippen molar-refractivity contribution in [3.8, 4) is 6.07 Å². The Kier molecular flexibility index (Phi) is 4.28. The van der Waals surface area contributed by atoms with Crippen molar-refractivity contribution < 1.29 is 4.39 Å². The van der Waals surface area contributed by atoms with E-state index in [-0.39, 0.29) is 5.82 Å². The van der Waals surface area contributed by atoms with Crippen LogP contribution >= 0.6 is 23.3 Å². The van der Waals surface area contributed by atoms with Crippen molar-refractivity contribution in [2.75, 3.05) is 0 Å². The summed E-state index contributed by atoms with van der Waals surface area (Å²) in [6.45, 7) is 1.99. The molecule has 1 aromatic carbocycles. The molecule has 1 heterocycles. The molecule has 0 bridgehead atoms. The van der Waals surface area contributed by atoms with Crippen LogP contribution < -0.4 is 0 Å². The number of nitrogens with zero attached hydrogens (tertiary/aromatic N) is 3. The first kappa shape index (κ1) is 13.0. The van der Waals surface area contributed by atoms with Crippen LogP contribution in [0.3, 0.4) is 0 Å². The molecule has 0 spiro atoms. The van der Waals surface area contributed by atoms with Crippen LogP contribution in [0.25, 0.3) is 0 Å². The fourth-order valence-electron chi connectivity index (χ4n) is 1.33. The van der Waals surface area contributed by atoms with Crippen molar-refractivity contribution in [3.05, 3.63) is 41.0 Å². The summed E-state index contributed by atoms with van der Waals surface area (Å²) >= 11 is 2.76. The van der Waals surface area contributed by atoms with Gasteiger partial charge in [0, 0.05) is 12.2 Å². The van der Waals surface area contributed by atoms with Crippen molar-refractivity contribution in [1.82, 2.24) is 9.36 Å². The van der Waals surface area contributed by atoms with E-state index >= 15 is 0 Å². The highest BCUT2D eigenvalue weighted by molar-refractivity contribution is 8.00. The monoisotopic (exact) mass is 279 g/mol. The van der Waals surface area contributed by atoms with Gasteiger partial charge in [0.2, 0.25) is 0 Å². The lowest BCUT2D eigenvalue weighted by Gasteiger charge is -2.01. The highest BCUT2D eigenvalue weighted by Crippen LogP contribution is 2.26. The molecule has 2 aromatic rings. The van der Waals surface area contributed by atoms with Gasteiger partial charge in [0.05, 0.1) is 11.6 Å². The van der Waals surface area contributed by atoms with Gasteiger partial charge in [-0.1, -0.05) is 18.7 Å². The van der Waals surface area contributed by atoms with Crippen LogP contribution in [0, 0.1) is 17.1 Å². The lowest BCUT2D eigenvalue weighted by atomic mass is 10.1. The normalized spacial score (nSPS) is 10.3. The maximum atomic E-state index is 13.5. The first-order valence-corrected chi connectivity index (χ1v) is 7.12. The summed E-state index contributed by atoms with van der Waals surface area (Å²) in [6.07, 6.45) is 0.801. The van der Waals surface area contributed by atoms with E-state index in [0.717, 1.165) is 16.6 Å². The second-order valence-corrected chi connectivity index (χ2v) is 5.51. The van der Waals surface area contributed by atoms with Crippen LogP contribution in [-0.2, 0) is 12.2 Å². The zero-order valence-electron chi connectivity index (χ0n) is 9.68. The zero-order chi connectivity index (χ0) is 13.0. The molecule has 0 saturated heterocycles. The molecule has 1 aromatic heterocycles. The highest BCUT2D eigenvalue weighted by Gasteiger charge is 2.07. The molecule has 6 heteroatoms. The molecule has 0 unspecified atom stereocenters. The topological polar surface area (TPSA) is 49.6 Å². The second-order valence-electron chi connectivity index (χ2n) is 3.54. The average molecular weight is 279 g/mol.